The quantitative estimate of drug-likeness (QED) is 0.841. The maximum Gasteiger partial charge on any atom is 0.0402 e. The number of nitrogens with two attached hydrogens (primary N) is 1. The Morgan fingerprint density at radius 2 is 2.19 bits per heavy atom. The van der Waals surface area contributed by atoms with Gasteiger partial charge in [0, 0.05) is 18.3 Å². The molecule has 1 aliphatic rings. The monoisotopic (exact) mass is 218 g/mol. The largest absolute Gasteiger partial charge is 0.368 e. The summed E-state index contributed by atoms with van der Waals surface area (Å²) in [6, 6.07) is 9.37. The molecule has 0 amide bonds. The van der Waals surface area contributed by atoms with Crippen LogP contribution in [0.5, 0.6) is 0 Å². The molecule has 0 fully saturated rings. The molecule has 2 nitrogen and oxygen atoms in total. The topological polar surface area (TPSA) is 29.3 Å². The highest BCUT2D eigenvalue weighted by atomic mass is 15.2. The highest BCUT2D eigenvalue weighted by molar-refractivity contribution is 5.59. The molecule has 0 saturated carbocycles. The number of hydrogen-bond donors (Lipinski definition) is 1. The Kier molecular flexibility index (Phi) is 3.49. The average Bonchev–Trinajstić information content (AvgIpc) is 2.62. The Hall–Kier alpha value is -1.02. The number of rotatable bonds is 4. The molecule has 1 aromatic carbocycles. The number of benzene rings is 1. The van der Waals surface area contributed by atoms with Gasteiger partial charge in [0.05, 0.1) is 0 Å². The molecule has 1 aromatic rings. The van der Waals surface area contributed by atoms with Gasteiger partial charge in [-0.1, -0.05) is 31.5 Å². The summed E-state index contributed by atoms with van der Waals surface area (Å²) in [6.07, 6.45) is 2.35. The Bertz CT molecular complexity index is 344. The van der Waals surface area contributed by atoms with Crippen molar-refractivity contribution in [2.75, 3.05) is 18.0 Å². The van der Waals surface area contributed by atoms with Gasteiger partial charge in [-0.15, -0.1) is 0 Å². The van der Waals surface area contributed by atoms with E-state index in [1.807, 2.05) is 0 Å². The molecule has 1 heterocycles. The van der Waals surface area contributed by atoms with Crippen LogP contribution in [0.1, 0.15) is 25.8 Å². The van der Waals surface area contributed by atoms with Crippen LogP contribution in [0.3, 0.4) is 0 Å². The lowest BCUT2D eigenvalue weighted by atomic mass is 10.1. The number of hydrogen-bond acceptors (Lipinski definition) is 2. The van der Waals surface area contributed by atoms with Crippen molar-refractivity contribution in [1.29, 1.82) is 0 Å². The molecule has 0 saturated heterocycles. The fourth-order valence-electron chi connectivity index (χ4n) is 2.56. The summed E-state index contributed by atoms with van der Waals surface area (Å²) in [5.74, 6) is 0.619. The van der Waals surface area contributed by atoms with Crippen molar-refractivity contribution in [3.63, 3.8) is 0 Å². The van der Waals surface area contributed by atoms with Crippen molar-refractivity contribution < 1.29 is 0 Å². The fraction of sp³-hybridized carbons (Fsp3) is 0.571. The van der Waals surface area contributed by atoms with Crippen LogP contribution in [0.4, 0.5) is 5.69 Å². The summed E-state index contributed by atoms with van der Waals surface area (Å²) in [5.41, 5.74) is 8.71. The fourth-order valence-corrected chi connectivity index (χ4v) is 2.56. The van der Waals surface area contributed by atoms with Gasteiger partial charge in [-0.25, -0.2) is 0 Å². The zero-order valence-electron chi connectivity index (χ0n) is 10.3. The van der Waals surface area contributed by atoms with Gasteiger partial charge in [-0.3, -0.25) is 0 Å². The predicted molar refractivity (Wildman–Crippen MR) is 69.8 cm³/mol. The summed E-state index contributed by atoms with van der Waals surface area (Å²) >= 11 is 0. The second-order valence-electron chi connectivity index (χ2n) is 4.84. The van der Waals surface area contributed by atoms with E-state index in [1.165, 1.54) is 24.1 Å². The minimum Gasteiger partial charge on any atom is -0.368 e. The zero-order valence-corrected chi connectivity index (χ0v) is 10.3. The van der Waals surface area contributed by atoms with Crippen LogP contribution < -0.4 is 10.6 Å². The molecule has 2 unspecified atom stereocenters. The number of anilines is 1. The van der Waals surface area contributed by atoms with Gasteiger partial charge in [0.15, 0.2) is 0 Å². The van der Waals surface area contributed by atoms with Crippen LogP contribution in [0.2, 0.25) is 0 Å². The van der Waals surface area contributed by atoms with Gasteiger partial charge >= 0.3 is 0 Å². The molecule has 0 bridgehead atoms. The van der Waals surface area contributed by atoms with Crippen LogP contribution in [0, 0.1) is 5.92 Å². The molecule has 2 atom stereocenters. The first-order valence-corrected chi connectivity index (χ1v) is 6.30. The van der Waals surface area contributed by atoms with Gasteiger partial charge in [-0.05, 0) is 37.4 Å². The average molecular weight is 218 g/mol. The second kappa shape index (κ2) is 4.88. The molecule has 0 radical (unpaired) electrons. The van der Waals surface area contributed by atoms with Crippen LogP contribution in [-0.4, -0.2) is 19.1 Å². The van der Waals surface area contributed by atoms with E-state index in [0.717, 1.165) is 13.1 Å². The minimum atomic E-state index is 0.619. The maximum atomic E-state index is 5.80. The molecule has 2 heteroatoms. The molecule has 0 aromatic heterocycles. The van der Waals surface area contributed by atoms with Crippen molar-refractivity contribution in [2.24, 2.45) is 11.7 Å². The van der Waals surface area contributed by atoms with E-state index in [2.05, 4.69) is 43.0 Å². The smallest absolute Gasteiger partial charge is 0.0402 e. The summed E-state index contributed by atoms with van der Waals surface area (Å²) in [7, 11) is 0. The first-order chi connectivity index (χ1) is 7.76. The third-order valence-electron chi connectivity index (χ3n) is 3.71. The van der Waals surface area contributed by atoms with Crippen LogP contribution in [0.15, 0.2) is 24.3 Å². The maximum absolute atomic E-state index is 5.80. The van der Waals surface area contributed by atoms with Crippen LogP contribution in [-0.2, 0) is 6.42 Å². The molecule has 2 rings (SSSR count). The summed E-state index contributed by atoms with van der Waals surface area (Å²) in [6.45, 7) is 6.43. The number of nitrogens with zero attached hydrogens (tertiary/aromatic N) is 1. The zero-order chi connectivity index (χ0) is 11.5. The molecule has 88 valence electrons. The summed E-state index contributed by atoms with van der Waals surface area (Å²) in [4.78, 5) is 2.52. The van der Waals surface area contributed by atoms with E-state index in [4.69, 9.17) is 5.73 Å². The van der Waals surface area contributed by atoms with Crippen molar-refractivity contribution in [1.82, 2.24) is 0 Å². The lowest BCUT2D eigenvalue weighted by molar-refractivity contribution is 0.491. The van der Waals surface area contributed by atoms with Crippen molar-refractivity contribution >= 4 is 5.69 Å². The van der Waals surface area contributed by atoms with Gasteiger partial charge < -0.3 is 10.6 Å². The Morgan fingerprint density at radius 3 is 2.88 bits per heavy atom. The van der Waals surface area contributed by atoms with Crippen molar-refractivity contribution in [3.05, 3.63) is 29.8 Å². The highest BCUT2D eigenvalue weighted by Gasteiger charge is 2.26. The van der Waals surface area contributed by atoms with E-state index in [1.54, 1.807) is 0 Å². The van der Waals surface area contributed by atoms with Crippen molar-refractivity contribution in [3.8, 4) is 0 Å². The Morgan fingerprint density at radius 1 is 1.44 bits per heavy atom. The van der Waals surface area contributed by atoms with Crippen molar-refractivity contribution in [2.45, 2.75) is 32.7 Å². The third kappa shape index (κ3) is 2.07. The molecule has 16 heavy (non-hydrogen) atoms. The number of para-hydroxylation sites is 1. The van der Waals surface area contributed by atoms with E-state index < -0.39 is 0 Å². The molecule has 0 aliphatic carbocycles. The minimum absolute atomic E-state index is 0.619. The molecule has 2 N–H and O–H groups in total. The first-order valence-electron chi connectivity index (χ1n) is 6.30. The van der Waals surface area contributed by atoms with Gasteiger partial charge in [-0.2, -0.15) is 0 Å². The van der Waals surface area contributed by atoms with E-state index >= 15 is 0 Å². The predicted octanol–water partition coefficient (Wildman–Crippen LogP) is 2.42. The van der Waals surface area contributed by atoms with Gasteiger partial charge in [0.25, 0.3) is 0 Å². The van der Waals surface area contributed by atoms with Crippen LogP contribution >= 0.6 is 0 Å². The lowest BCUT2D eigenvalue weighted by Crippen LogP contribution is -2.36. The second-order valence-corrected chi connectivity index (χ2v) is 4.84. The molecule has 1 aliphatic heterocycles. The molecular weight excluding hydrogens is 196 g/mol. The van der Waals surface area contributed by atoms with E-state index in [0.29, 0.717) is 12.0 Å². The molecule has 0 spiro atoms. The summed E-state index contributed by atoms with van der Waals surface area (Å²) < 4.78 is 0. The third-order valence-corrected chi connectivity index (χ3v) is 3.71. The Balaban J connectivity index is 2.15. The first kappa shape index (κ1) is 11.5. The van der Waals surface area contributed by atoms with E-state index in [9.17, 15) is 0 Å². The molecular formula is C14H22N2. The lowest BCUT2D eigenvalue weighted by Gasteiger charge is -2.28. The van der Waals surface area contributed by atoms with E-state index in [-0.39, 0.29) is 0 Å². The van der Waals surface area contributed by atoms with Crippen LogP contribution in [0.25, 0.3) is 0 Å². The Labute approximate surface area is 98.4 Å². The SMILES string of the molecule is CCC(CN)CN1c2ccccc2CC1C. The van der Waals surface area contributed by atoms with Gasteiger partial charge in [0.2, 0.25) is 0 Å². The highest BCUT2D eigenvalue weighted by Crippen LogP contribution is 2.32. The van der Waals surface area contributed by atoms with Gasteiger partial charge in [0.1, 0.15) is 0 Å². The summed E-state index contributed by atoms with van der Waals surface area (Å²) in [5, 5.41) is 0. The normalized spacial score (nSPS) is 20.9. The standard InChI is InChI=1S/C14H22N2/c1-3-12(9-15)10-16-11(2)8-13-6-4-5-7-14(13)16/h4-7,11-12H,3,8-10,15H2,1-2H3. The number of fused-ring (bicyclic) bond motifs is 1.